The van der Waals surface area contributed by atoms with Crippen LogP contribution in [0.15, 0.2) is 0 Å². The van der Waals surface area contributed by atoms with Crippen LogP contribution in [0.3, 0.4) is 0 Å². The highest BCUT2D eigenvalue weighted by Crippen LogP contribution is 2.35. The Kier molecular flexibility index (Phi) is 4.71. The summed E-state index contributed by atoms with van der Waals surface area (Å²) in [7, 11) is 0. The highest BCUT2D eigenvalue weighted by molar-refractivity contribution is 5.67. The molecule has 0 spiro atoms. The lowest BCUT2D eigenvalue weighted by Crippen LogP contribution is -2.52. The Labute approximate surface area is 116 Å². The van der Waals surface area contributed by atoms with Gasteiger partial charge in [-0.15, -0.1) is 0 Å². The van der Waals surface area contributed by atoms with Crippen molar-refractivity contribution in [2.45, 2.75) is 64.5 Å². The molecule has 4 nitrogen and oxygen atoms in total. The minimum Gasteiger partial charge on any atom is -0.444 e. The van der Waals surface area contributed by atoms with E-state index in [1.54, 1.807) is 0 Å². The smallest absolute Gasteiger partial charge is 0.407 e. The standard InChI is InChI=1S/C15H28N2O2/c1-15(2,3)19-14(18)17-10-12-8-5-9-16-13(12)11-6-4-7-11/h11-13,16H,4-10H2,1-3H3,(H,17,18). The van der Waals surface area contributed by atoms with E-state index in [0.29, 0.717) is 12.0 Å². The van der Waals surface area contributed by atoms with Crippen LogP contribution in [-0.4, -0.2) is 30.8 Å². The second-order valence-corrected chi connectivity index (χ2v) is 6.96. The zero-order valence-corrected chi connectivity index (χ0v) is 12.5. The van der Waals surface area contributed by atoms with E-state index in [1.807, 2.05) is 20.8 Å². The Morgan fingerprint density at radius 1 is 1.26 bits per heavy atom. The van der Waals surface area contributed by atoms with Crippen molar-refractivity contribution >= 4 is 6.09 Å². The van der Waals surface area contributed by atoms with Crippen molar-refractivity contribution in [1.29, 1.82) is 0 Å². The van der Waals surface area contributed by atoms with Crippen LogP contribution in [0, 0.1) is 11.8 Å². The van der Waals surface area contributed by atoms with Gasteiger partial charge in [-0.1, -0.05) is 6.42 Å². The summed E-state index contributed by atoms with van der Waals surface area (Å²) in [4.78, 5) is 11.7. The number of nitrogens with one attached hydrogen (secondary N) is 2. The Hall–Kier alpha value is -0.770. The van der Waals surface area contributed by atoms with Crippen molar-refractivity contribution in [3.05, 3.63) is 0 Å². The molecule has 1 saturated carbocycles. The maximum atomic E-state index is 11.7. The Morgan fingerprint density at radius 3 is 2.58 bits per heavy atom. The van der Waals surface area contributed by atoms with Crippen molar-refractivity contribution in [3.8, 4) is 0 Å². The molecule has 2 aliphatic rings. The van der Waals surface area contributed by atoms with Gasteiger partial charge in [0.05, 0.1) is 0 Å². The summed E-state index contributed by atoms with van der Waals surface area (Å²) in [6.07, 6.45) is 6.20. The predicted molar refractivity (Wildman–Crippen MR) is 76.1 cm³/mol. The first-order valence-electron chi connectivity index (χ1n) is 7.66. The lowest BCUT2D eigenvalue weighted by Gasteiger charge is -2.42. The van der Waals surface area contributed by atoms with Crippen LogP contribution in [0.1, 0.15) is 52.9 Å². The van der Waals surface area contributed by atoms with Gasteiger partial charge in [0.15, 0.2) is 0 Å². The highest BCUT2D eigenvalue weighted by atomic mass is 16.6. The summed E-state index contributed by atoms with van der Waals surface area (Å²) in [5.74, 6) is 1.39. The number of ether oxygens (including phenoxy) is 1. The largest absolute Gasteiger partial charge is 0.444 e. The lowest BCUT2D eigenvalue weighted by atomic mass is 9.72. The maximum absolute atomic E-state index is 11.7. The Morgan fingerprint density at radius 2 is 2.00 bits per heavy atom. The van der Waals surface area contributed by atoms with E-state index in [9.17, 15) is 4.79 Å². The summed E-state index contributed by atoms with van der Waals surface area (Å²) in [5.41, 5.74) is -0.414. The van der Waals surface area contributed by atoms with Crippen molar-refractivity contribution in [2.75, 3.05) is 13.1 Å². The molecule has 2 atom stereocenters. The van der Waals surface area contributed by atoms with Gasteiger partial charge in [-0.25, -0.2) is 4.79 Å². The molecule has 1 saturated heterocycles. The lowest BCUT2D eigenvalue weighted by molar-refractivity contribution is 0.0499. The number of hydrogen-bond donors (Lipinski definition) is 2. The van der Waals surface area contributed by atoms with Gasteiger partial charge in [0.2, 0.25) is 0 Å². The second-order valence-electron chi connectivity index (χ2n) is 6.96. The molecular formula is C15H28N2O2. The van der Waals surface area contributed by atoms with Gasteiger partial charge in [-0.3, -0.25) is 0 Å². The molecule has 110 valence electrons. The number of carbonyl (C=O) groups excluding carboxylic acids is 1. The average molecular weight is 268 g/mol. The molecular weight excluding hydrogens is 240 g/mol. The number of alkyl carbamates (subject to hydrolysis) is 1. The summed E-state index contributed by atoms with van der Waals surface area (Å²) >= 11 is 0. The fraction of sp³-hybridized carbons (Fsp3) is 0.933. The van der Waals surface area contributed by atoms with Crippen LogP contribution in [0.25, 0.3) is 0 Å². The van der Waals surface area contributed by atoms with E-state index in [2.05, 4.69) is 10.6 Å². The van der Waals surface area contributed by atoms with Crippen molar-refractivity contribution in [3.63, 3.8) is 0 Å². The topological polar surface area (TPSA) is 50.4 Å². The maximum Gasteiger partial charge on any atom is 0.407 e. The molecule has 2 N–H and O–H groups in total. The molecule has 1 aliphatic carbocycles. The zero-order chi connectivity index (χ0) is 13.9. The normalized spacial score (nSPS) is 28.6. The first kappa shape index (κ1) is 14.6. The molecule has 1 heterocycles. The number of rotatable bonds is 3. The summed E-state index contributed by atoms with van der Waals surface area (Å²) in [6.45, 7) is 7.55. The van der Waals surface area contributed by atoms with Crippen LogP contribution < -0.4 is 10.6 Å². The van der Waals surface area contributed by atoms with Crippen LogP contribution in [0.2, 0.25) is 0 Å². The minimum atomic E-state index is -0.414. The van der Waals surface area contributed by atoms with Crippen LogP contribution in [0.5, 0.6) is 0 Å². The number of hydrogen-bond acceptors (Lipinski definition) is 3. The van der Waals surface area contributed by atoms with Gasteiger partial charge in [-0.2, -0.15) is 0 Å². The minimum absolute atomic E-state index is 0.287. The van der Waals surface area contributed by atoms with E-state index in [-0.39, 0.29) is 6.09 Å². The van der Waals surface area contributed by atoms with Crippen molar-refractivity contribution in [2.24, 2.45) is 11.8 Å². The third-order valence-corrected chi connectivity index (χ3v) is 4.20. The predicted octanol–water partition coefficient (Wildman–Crippen LogP) is 2.68. The summed E-state index contributed by atoms with van der Waals surface area (Å²) in [5, 5.41) is 6.59. The third kappa shape index (κ3) is 4.37. The molecule has 0 radical (unpaired) electrons. The molecule has 2 rings (SSSR count). The van der Waals surface area contributed by atoms with Gasteiger partial charge in [-0.05, 0) is 64.8 Å². The number of carbonyl (C=O) groups is 1. The molecule has 0 bridgehead atoms. The highest BCUT2D eigenvalue weighted by Gasteiger charge is 2.34. The Balaban J connectivity index is 1.77. The SMILES string of the molecule is CC(C)(C)OC(=O)NCC1CCCNC1C1CCC1. The molecule has 19 heavy (non-hydrogen) atoms. The molecule has 4 heteroatoms. The number of piperidine rings is 1. The summed E-state index contributed by atoms with van der Waals surface area (Å²) < 4.78 is 5.29. The fourth-order valence-corrected chi connectivity index (χ4v) is 3.09. The van der Waals surface area contributed by atoms with E-state index in [0.717, 1.165) is 19.0 Å². The van der Waals surface area contributed by atoms with E-state index >= 15 is 0 Å². The van der Waals surface area contributed by atoms with E-state index in [4.69, 9.17) is 4.74 Å². The molecule has 0 aromatic rings. The van der Waals surface area contributed by atoms with Crippen molar-refractivity contribution in [1.82, 2.24) is 10.6 Å². The quantitative estimate of drug-likeness (QED) is 0.827. The van der Waals surface area contributed by atoms with Crippen LogP contribution >= 0.6 is 0 Å². The van der Waals surface area contributed by atoms with Crippen molar-refractivity contribution < 1.29 is 9.53 Å². The van der Waals surface area contributed by atoms with Gasteiger partial charge in [0.1, 0.15) is 5.60 Å². The molecule has 1 amide bonds. The first-order valence-corrected chi connectivity index (χ1v) is 7.66. The van der Waals surface area contributed by atoms with Gasteiger partial charge < -0.3 is 15.4 Å². The van der Waals surface area contributed by atoms with Crippen LogP contribution in [0.4, 0.5) is 4.79 Å². The average Bonchev–Trinajstić information content (AvgIpc) is 2.23. The number of amides is 1. The molecule has 1 aliphatic heterocycles. The zero-order valence-electron chi connectivity index (χ0n) is 12.5. The fourth-order valence-electron chi connectivity index (χ4n) is 3.09. The molecule has 2 unspecified atom stereocenters. The molecule has 2 fully saturated rings. The van der Waals surface area contributed by atoms with E-state index < -0.39 is 5.60 Å². The van der Waals surface area contributed by atoms with Gasteiger partial charge >= 0.3 is 6.09 Å². The summed E-state index contributed by atoms with van der Waals surface area (Å²) in [6, 6.07) is 0.595. The second kappa shape index (κ2) is 6.12. The van der Waals surface area contributed by atoms with Gasteiger partial charge in [0, 0.05) is 12.6 Å². The molecule has 0 aromatic carbocycles. The molecule has 0 aromatic heterocycles. The monoisotopic (exact) mass is 268 g/mol. The van der Waals surface area contributed by atoms with Crippen LogP contribution in [-0.2, 0) is 4.74 Å². The Bertz CT molecular complexity index is 308. The third-order valence-electron chi connectivity index (χ3n) is 4.20. The van der Waals surface area contributed by atoms with Gasteiger partial charge in [0.25, 0.3) is 0 Å². The van der Waals surface area contributed by atoms with E-state index in [1.165, 1.54) is 32.1 Å². The first-order chi connectivity index (χ1) is 8.96.